The van der Waals surface area contributed by atoms with Gasteiger partial charge in [0.2, 0.25) is 0 Å². The van der Waals surface area contributed by atoms with Crippen LogP contribution in [-0.2, 0) is 55.8 Å². The second kappa shape index (κ2) is 58.3. The van der Waals surface area contributed by atoms with Crippen LogP contribution in [0.5, 0.6) is 0 Å². The van der Waals surface area contributed by atoms with Crippen molar-refractivity contribution in [3.63, 3.8) is 0 Å². The molecular formula is C65H108O16P2. The van der Waals surface area contributed by atoms with Gasteiger partial charge < -0.3 is 34.2 Å². The van der Waals surface area contributed by atoms with Crippen molar-refractivity contribution in [2.45, 2.75) is 232 Å². The molecule has 0 saturated heterocycles. The Balaban J connectivity index is 4.75. The maximum absolute atomic E-state index is 12.9. The average molecular weight is 1210 g/mol. The fraction of sp³-hybridized carbons (Fsp3) is 0.646. The first-order valence-electron chi connectivity index (χ1n) is 30.8. The van der Waals surface area contributed by atoms with Crippen LogP contribution in [-0.4, -0.2) is 95.9 Å². The van der Waals surface area contributed by atoms with Crippen LogP contribution in [0.4, 0.5) is 0 Å². The molecular weight excluding hydrogens is 1100 g/mol. The molecule has 474 valence electrons. The van der Waals surface area contributed by atoms with E-state index in [2.05, 4.69) is 124 Å². The average Bonchev–Trinajstić information content (AvgIpc) is 3.46. The molecule has 0 aliphatic carbocycles. The number of carbonyl (C=O) groups excluding carboxylic acids is 3. The van der Waals surface area contributed by atoms with E-state index in [-0.39, 0.29) is 19.3 Å². The summed E-state index contributed by atoms with van der Waals surface area (Å²) in [5.74, 6) is -1.70. The van der Waals surface area contributed by atoms with Crippen LogP contribution in [0.25, 0.3) is 0 Å². The fourth-order valence-electron chi connectivity index (χ4n) is 7.43. The number of aliphatic hydroxyl groups is 2. The van der Waals surface area contributed by atoms with Gasteiger partial charge in [0, 0.05) is 19.3 Å². The van der Waals surface area contributed by atoms with Crippen molar-refractivity contribution in [1.82, 2.24) is 0 Å². The minimum Gasteiger partial charge on any atom is -0.463 e. The number of phosphoric ester groups is 2. The zero-order valence-electron chi connectivity index (χ0n) is 50.8. The largest absolute Gasteiger partial charge is 0.472 e. The van der Waals surface area contributed by atoms with E-state index in [1.807, 2.05) is 18.2 Å². The molecule has 16 nitrogen and oxygen atoms in total. The molecule has 4 N–H and O–H groups in total. The van der Waals surface area contributed by atoms with Crippen molar-refractivity contribution in [1.29, 1.82) is 0 Å². The molecule has 18 heteroatoms. The van der Waals surface area contributed by atoms with E-state index >= 15 is 0 Å². The fourth-order valence-corrected chi connectivity index (χ4v) is 9.01. The Hall–Kier alpha value is -4.05. The van der Waals surface area contributed by atoms with Crippen molar-refractivity contribution < 1.29 is 75.8 Å². The minimum absolute atomic E-state index is 0.0566. The summed E-state index contributed by atoms with van der Waals surface area (Å²) in [6.07, 6.45) is 64.2. The lowest BCUT2D eigenvalue weighted by Crippen LogP contribution is -2.30. The first-order valence-corrected chi connectivity index (χ1v) is 33.8. The highest BCUT2D eigenvalue weighted by Gasteiger charge is 2.29. The molecule has 0 fully saturated rings. The number of esters is 3. The van der Waals surface area contributed by atoms with Crippen LogP contribution in [0.3, 0.4) is 0 Å². The maximum Gasteiger partial charge on any atom is 0.472 e. The lowest BCUT2D eigenvalue weighted by atomic mass is 10.1. The lowest BCUT2D eigenvalue weighted by Gasteiger charge is -2.21. The Labute approximate surface area is 500 Å². The Morgan fingerprint density at radius 2 is 0.687 bits per heavy atom. The summed E-state index contributed by atoms with van der Waals surface area (Å²) in [7, 11) is -9.80. The predicted molar refractivity (Wildman–Crippen MR) is 334 cm³/mol. The number of hydrogen-bond acceptors (Lipinski definition) is 14. The van der Waals surface area contributed by atoms with Crippen LogP contribution in [0.2, 0.25) is 0 Å². The molecule has 0 spiro atoms. The summed E-state index contributed by atoms with van der Waals surface area (Å²) in [6, 6.07) is 0. The first kappa shape index (κ1) is 79.0. The van der Waals surface area contributed by atoms with Gasteiger partial charge in [-0.05, 0) is 116 Å². The number of phosphoric acid groups is 2. The third kappa shape index (κ3) is 59.5. The maximum atomic E-state index is 12.9. The second-order valence-corrected chi connectivity index (χ2v) is 23.0. The SMILES string of the molecule is CC/C=C\C/C=C\C/C=C\C/C=C\C/C=C\C/C=C\CCC(=O)OCC(O)COP(=O)(O)OCC(O)COP(=O)(O)OCC(COC(=O)CCCCCCC/C=C\C/C=C\CCCCC)OC(=O)CCCCCCC/C=C\C/C=C\CCC. The Bertz CT molecular complexity index is 2000. The summed E-state index contributed by atoms with van der Waals surface area (Å²) in [5, 5.41) is 20.5. The number of aliphatic hydroxyl groups excluding tert-OH is 2. The standard InChI is InChI=1S/C65H108O16P2/c1-4-7-10-13-16-19-22-25-27-28-29-30-32-35-36-39-42-45-48-51-63(68)75-54-60(66)55-77-82(71,72)78-56-61(67)57-79-83(73,74)80-59-62(81-65(70)53-50-47-44-41-38-33-24-21-18-15-12-9-6-3)58-76-64(69)52-49-46-43-40-37-34-31-26-23-20-17-14-11-8-5-2/h7,10,12,15-17,19-21,24-27,29-31,35-36,42,45,60-62,66-67H,4-6,8-9,11,13-14,18,22-23,28,32-34,37-41,43-44,46-59H2,1-3H3,(H,71,72)(H,73,74)/b10-7-,15-12-,19-16-,20-17-,24-21-,27-25-,30-29-,31-26-,36-35-,45-42-. The van der Waals surface area contributed by atoms with Crippen LogP contribution in [0.1, 0.15) is 213 Å². The van der Waals surface area contributed by atoms with Gasteiger partial charge in [-0.15, -0.1) is 0 Å². The highest BCUT2D eigenvalue weighted by atomic mass is 31.2. The van der Waals surface area contributed by atoms with E-state index < -0.39 is 91.5 Å². The van der Waals surface area contributed by atoms with Crippen molar-refractivity contribution in [3.05, 3.63) is 122 Å². The van der Waals surface area contributed by atoms with Gasteiger partial charge in [-0.1, -0.05) is 200 Å². The van der Waals surface area contributed by atoms with Crippen molar-refractivity contribution in [3.8, 4) is 0 Å². The van der Waals surface area contributed by atoms with Crippen molar-refractivity contribution >= 4 is 33.6 Å². The van der Waals surface area contributed by atoms with E-state index in [1.165, 1.54) is 19.3 Å². The van der Waals surface area contributed by atoms with E-state index in [1.54, 1.807) is 0 Å². The second-order valence-electron chi connectivity index (χ2n) is 20.1. The van der Waals surface area contributed by atoms with Crippen LogP contribution in [0.15, 0.2) is 122 Å². The van der Waals surface area contributed by atoms with Crippen LogP contribution in [0, 0.1) is 0 Å². The topological polar surface area (TPSA) is 231 Å². The molecule has 5 unspecified atom stereocenters. The van der Waals surface area contributed by atoms with Crippen molar-refractivity contribution in [2.24, 2.45) is 0 Å². The highest BCUT2D eigenvalue weighted by molar-refractivity contribution is 7.47. The number of allylic oxidation sites excluding steroid dienone is 20. The summed E-state index contributed by atoms with van der Waals surface area (Å²) in [6.45, 7) is 2.29. The van der Waals surface area contributed by atoms with E-state index in [0.29, 0.717) is 25.7 Å². The normalized spacial score (nSPS) is 15.2. The Kier molecular flexibility index (Phi) is 55.5. The molecule has 0 bridgehead atoms. The quantitative estimate of drug-likeness (QED) is 0.0146. The van der Waals surface area contributed by atoms with Gasteiger partial charge in [0.25, 0.3) is 0 Å². The predicted octanol–water partition coefficient (Wildman–Crippen LogP) is 16.3. The van der Waals surface area contributed by atoms with Crippen LogP contribution < -0.4 is 0 Å². The monoisotopic (exact) mass is 1210 g/mol. The number of ether oxygens (including phenoxy) is 3. The van der Waals surface area contributed by atoms with Gasteiger partial charge >= 0.3 is 33.6 Å². The van der Waals surface area contributed by atoms with Gasteiger partial charge in [-0.2, -0.15) is 0 Å². The summed E-state index contributed by atoms with van der Waals surface area (Å²) < 4.78 is 60.5. The zero-order valence-corrected chi connectivity index (χ0v) is 52.6. The van der Waals surface area contributed by atoms with Crippen LogP contribution >= 0.6 is 15.6 Å². The molecule has 0 aliphatic rings. The van der Waals surface area contributed by atoms with Crippen molar-refractivity contribution in [2.75, 3.05) is 39.6 Å². The van der Waals surface area contributed by atoms with Gasteiger partial charge in [-0.3, -0.25) is 32.5 Å². The molecule has 83 heavy (non-hydrogen) atoms. The lowest BCUT2D eigenvalue weighted by molar-refractivity contribution is -0.161. The minimum atomic E-state index is -4.93. The molecule has 0 rings (SSSR count). The molecule has 0 aromatic carbocycles. The molecule has 5 atom stereocenters. The number of hydrogen-bond donors (Lipinski definition) is 4. The molecule has 0 aliphatic heterocycles. The number of unbranched alkanes of at least 4 members (excludes halogenated alkanes) is 14. The van der Waals surface area contributed by atoms with E-state index in [0.717, 1.165) is 128 Å². The molecule has 0 aromatic rings. The number of rotatable bonds is 57. The van der Waals surface area contributed by atoms with E-state index in [9.17, 15) is 43.5 Å². The smallest absolute Gasteiger partial charge is 0.463 e. The van der Waals surface area contributed by atoms with Gasteiger partial charge in [0.15, 0.2) is 6.10 Å². The summed E-state index contributed by atoms with van der Waals surface area (Å²) >= 11 is 0. The molecule has 0 saturated carbocycles. The van der Waals surface area contributed by atoms with E-state index in [4.69, 9.17) is 32.3 Å². The molecule has 0 aromatic heterocycles. The third-order valence-corrected chi connectivity index (χ3v) is 14.0. The van der Waals surface area contributed by atoms with Gasteiger partial charge in [-0.25, -0.2) is 9.13 Å². The summed E-state index contributed by atoms with van der Waals surface area (Å²) in [4.78, 5) is 58.1. The highest BCUT2D eigenvalue weighted by Crippen LogP contribution is 2.45. The summed E-state index contributed by atoms with van der Waals surface area (Å²) in [5.41, 5.74) is 0. The number of carbonyl (C=O) groups is 3. The molecule has 0 radical (unpaired) electrons. The van der Waals surface area contributed by atoms with Gasteiger partial charge in [0.1, 0.15) is 25.4 Å². The Morgan fingerprint density at radius 3 is 1.13 bits per heavy atom. The Morgan fingerprint density at radius 1 is 0.349 bits per heavy atom. The molecule has 0 heterocycles. The van der Waals surface area contributed by atoms with Gasteiger partial charge in [0.05, 0.1) is 26.4 Å². The molecule has 0 amide bonds. The third-order valence-electron chi connectivity index (χ3n) is 12.1. The first-order chi connectivity index (χ1) is 40.2. The zero-order chi connectivity index (χ0) is 61.0.